The van der Waals surface area contributed by atoms with Crippen LogP contribution in [0.1, 0.15) is 45.1 Å². The predicted octanol–water partition coefficient (Wildman–Crippen LogP) is 2.49. The van der Waals surface area contributed by atoms with E-state index in [1.54, 1.807) is 30.9 Å². The highest BCUT2D eigenvalue weighted by Gasteiger charge is 2.24. The summed E-state index contributed by atoms with van der Waals surface area (Å²) in [5.74, 6) is 0.546. The molecule has 1 fully saturated rings. The van der Waals surface area contributed by atoms with Gasteiger partial charge in [-0.3, -0.25) is 4.79 Å². The van der Waals surface area contributed by atoms with Crippen molar-refractivity contribution in [1.29, 1.82) is 0 Å². The molecular weight excluding hydrogens is 364 g/mol. The van der Waals surface area contributed by atoms with Crippen LogP contribution in [-0.2, 0) is 19.2 Å². The first-order valence-electron chi connectivity index (χ1n) is 9.59. The van der Waals surface area contributed by atoms with Gasteiger partial charge in [-0.15, -0.1) is 0 Å². The Kier molecular flexibility index (Phi) is 6.73. The molecule has 2 aliphatic heterocycles. The third-order valence-corrected chi connectivity index (χ3v) is 4.75. The molecule has 0 N–H and O–H groups in total. The number of hydrogen-bond donors (Lipinski definition) is 0. The lowest BCUT2D eigenvalue weighted by molar-refractivity contribution is -0.162. The van der Waals surface area contributed by atoms with Crippen LogP contribution in [0.2, 0.25) is 0 Å². The van der Waals surface area contributed by atoms with Gasteiger partial charge >= 0.3 is 5.97 Å². The molecule has 1 unspecified atom stereocenters. The number of nitrogens with zero attached hydrogens (tertiary/aromatic N) is 2. The summed E-state index contributed by atoms with van der Waals surface area (Å²) in [5.41, 5.74) is 1.38. The Balaban J connectivity index is 1.45. The fourth-order valence-corrected chi connectivity index (χ4v) is 3.19. The molecule has 28 heavy (non-hydrogen) atoms. The first-order valence-corrected chi connectivity index (χ1v) is 9.59. The van der Waals surface area contributed by atoms with Crippen molar-refractivity contribution in [1.82, 2.24) is 4.90 Å². The van der Waals surface area contributed by atoms with E-state index >= 15 is 0 Å². The lowest BCUT2D eigenvalue weighted by atomic mass is 10.1. The second kappa shape index (κ2) is 9.43. The molecule has 1 aromatic rings. The molecule has 1 saturated heterocycles. The van der Waals surface area contributed by atoms with Gasteiger partial charge in [0.25, 0.3) is 5.91 Å². The van der Waals surface area contributed by atoms with Crippen LogP contribution in [0, 0.1) is 0 Å². The maximum absolute atomic E-state index is 12.4. The zero-order valence-corrected chi connectivity index (χ0v) is 16.3. The standard InChI is InChI=1S/C20H26N2O6/c1-14(16-7-8-17-18(11-16)26-13-25-17)21-27-12-19(23)28-15(2)20(24)22-9-5-3-4-6-10-22/h7-8,11,15H,3-6,9-10,12-13H2,1-2H3/b21-14+. The van der Waals surface area contributed by atoms with E-state index in [-0.39, 0.29) is 19.3 Å². The van der Waals surface area contributed by atoms with Crippen LogP contribution in [0.5, 0.6) is 11.5 Å². The quantitative estimate of drug-likeness (QED) is 0.421. The number of esters is 1. The number of benzene rings is 1. The summed E-state index contributed by atoms with van der Waals surface area (Å²) in [6.07, 6.45) is 3.42. The number of hydrogen-bond acceptors (Lipinski definition) is 7. The van der Waals surface area contributed by atoms with Crippen molar-refractivity contribution in [2.75, 3.05) is 26.5 Å². The van der Waals surface area contributed by atoms with Gasteiger partial charge in [0.05, 0.1) is 5.71 Å². The second-order valence-corrected chi connectivity index (χ2v) is 6.89. The first-order chi connectivity index (χ1) is 13.5. The summed E-state index contributed by atoms with van der Waals surface area (Å²) >= 11 is 0. The van der Waals surface area contributed by atoms with E-state index < -0.39 is 12.1 Å². The SMILES string of the molecule is C/C(=N\OCC(=O)OC(C)C(=O)N1CCCCCC1)c1ccc2c(c1)OCO2. The Morgan fingerprint density at radius 1 is 1.14 bits per heavy atom. The van der Waals surface area contributed by atoms with Crippen molar-refractivity contribution in [2.24, 2.45) is 5.16 Å². The Labute approximate surface area is 164 Å². The van der Waals surface area contributed by atoms with Gasteiger partial charge < -0.3 is 23.9 Å². The molecule has 8 nitrogen and oxygen atoms in total. The minimum atomic E-state index is -0.826. The second-order valence-electron chi connectivity index (χ2n) is 6.89. The monoisotopic (exact) mass is 390 g/mol. The third-order valence-electron chi connectivity index (χ3n) is 4.75. The normalized spacial score (nSPS) is 17.6. The van der Waals surface area contributed by atoms with Gasteiger partial charge in [-0.2, -0.15) is 0 Å². The molecule has 2 aliphatic rings. The number of ether oxygens (including phenoxy) is 3. The molecule has 1 aromatic carbocycles. The van der Waals surface area contributed by atoms with Gasteiger partial charge in [-0.05, 0) is 44.9 Å². The van der Waals surface area contributed by atoms with Crippen molar-refractivity contribution in [3.8, 4) is 11.5 Å². The van der Waals surface area contributed by atoms with E-state index in [0.29, 0.717) is 17.2 Å². The Bertz CT molecular complexity index is 740. The number of amides is 1. The molecule has 0 aromatic heterocycles. The van der Waals surface area contributed by atoms with Crippen LogP contribution in [0.4, 0.5) is 0 Å². The summed E-state index contributed by atoms with van der Waals surface area (Å²) < 4.78 is 15.8. The van der Waals surface area contributed by atoms with Gasteiger partial charge in [0.2, 0.25) is 13.4 Å². The molecule has 0 spiro atoms. The highest BCUT2D eigenvalue weighted by atomic mass is 16.7. The van der Waals surface area contributed by atoms with E-state index in [1.165, 1.54) is 0 Å². The minimum absolute atomic E-state index is 0.157. The van der Waals surface area contributed by atoms with E-state index in [1.807, 2.05) is 6.07 Å². The smallest absolute Gasteiger partial charge is 0.347 e. The van der Waals surface area contributed by atoms with E-state index in [4.69, 9.17) is 19.0 Å². The predicted molar refractivity (Wildman–Crippen MR) is 101 cm³/mol. The van der Waals surface area contributed by atoms with Crippen LogP contribution in [0.15, 0.2) is 23.4 Å². The van der Waals surface area contributed by atoms with Crippen LogP contribution < -0.4 is 9.47 Å². The maximum atomic E-state index is 12.4. The molecule has 0 saturated carbocycles. The van der Waals surface area contributed by atoms with Crippen molar-refractivity contribution < 1.29 is 28.6 Å². The van der Waals surface area contributed by atoms with Crippen molar-refractivity contribution in [3.63, 3.8) is 0 Å². The number of rotatable bonds is 6. The molecule has 152 valence electrons. The number of carbonyl (C=O) groups is 2. The summed E-state index contributed by atoms with van der Waals surface area (Å²) in [7, 11) is 0. The Hall–Kier alpha value is -2.77. The van der Waals surface area contributed by atoms with E-state index in [0.717, 1.165) is 44.3 Å². The third kappa shape index (κ3) is 5.15. The highest BCUT2D eigenvalue weighted by Crippen LogP contribution is 2.32. The topological polar surface area (TPSA) is 86.7 Å². The van der Waals surface area contributed by atoms with Gasteiger partial charge in [0, 0.05) is 18.7 Å². The molecule has 2 heterocycles. The number of fused-ring (bicyclic) bond motifs is 1. The summed E-state index contributed by atoms with van der Waals surface area (Å²) in [4.78, 5) is 31.2. The van der Waals surface area contributed by atoms with Gasteiger partial charge in [0.15, 0.2) is 17.6 Å². The van der Waals surface area contributed by atoms with Crippen LogP contribution in [0.25, 0.3) is 0 Å². The average Bonchev–Trinajstić information content (AvgIpc) is 2.99. The fraction of sp³-hybridized carbons (Fsp3) is 0.550. The van der Waals surface area contributed by atoms with Crippen molar-refractivity contribution >= 4 is 17.6 Å². The van der Waals surface area contributed by atoms with Crippen molar-refractivity contribution in [3.05, 3.63) is 23.8 Å². The lowest BCUT2D eigenvalue weighted by Crippen LogP contribution is -2.40. The Morgan fingerprint density at radius 2 is 1.86 bits per heavy atom. The summed E-state index contributed by atoms with van der Waals surface area (Å²) in [5, 5.41) is 3.94. The van der Waals surface area contributed by atoms with Gasteiger partial charge in [-0.25, -0.2) is 4.79 Å². The number of likely N-dealkylation sites (tertiary alicyclic amines) is 1. The molecule has 8 heteroatoms. The zero-order valence-electron chi connectivity index (χ0n) is 16.3. The largest absolute Gasteiger partial charge is 0.454 e. The highest BCUT2D eigenvalue weighted by molar-refractivity contribution is 5.99. The molecule has 1 amide bonds. The molecule has 0 aliphatic carbocycles. The van der Waals surface area contributed by atoms with Crippen LogP contribution in [0.3, 0.4) is 0 Å². The minimum Gasteiger partial charge on any atom is -0.454 e. The molecule has 0 radical (unpaired) electrons. The molecule has 1 atom stereocenters. The first kappa shape index (κ1) is 20.0. The molecule has 0 bridgehead atoms. The summed E-state index contributed by atoms with van der Waals surface area (Å²) in [6, 6.07) is 5.42. The molecular formula is C20H26N2O6. The van der Waals surface area contributed by atoms with Gasteiger partial charge in [0.1, 0.15) is 0 Å². The van der Waals surface area contributed by atoms with Gasteiger partial charge in [-0.1, -0.05) is 18.0 Å². The summed E-state index contributed by atoms with van der Waals surface area (Å²) in [6.45, 7) is 4.62. The average molecular weight is 390 g/mol. The fourth-order valence-electron chi connectivity index (χ4n) is 3.19. The van der Waals surface area contributed by atoms with Crippen LogP contribution in [-0.4, -0.2) is 55.1 Å². The van der Waals surface area contributed by atoms with E-state index in [2.05, 4.69) is 5.16 Å². The number of carbonyl (C=O) groups excluding carboxylic acids is 2. The van der Waals surface area contributed by atoms with E-state index in [9.17, 15) is 9.59 Å². The lowest BCUT2D eigenvalue weighted by Gasteiger charge is -2.23. The van der Waals surface area contributed by atoms with Crippen LogP contribution >= 0.6 is 0 Å². The number of oxime groups is 1. The Morgan fingerprint density at radius 3 is 2.61 bits per heavy atom. The van der Waals surface area contributed by atoms with Crippen molar-refractivity contribution in [2.45, 2.75) is 45.6 Å². The maximum Gasteiger partial charge on any atom is 0.347 e. The zero-order chi connectivity index (χ0) is 19.9. The molecule has 3 rings (SSSR count).